The summed E-state index contributed by atoms with van der Waals surface area (Å²) in [6.07, 6.45) is -0.225. The first-order chi connectivity index (χ1) is 9.63. The number of halogens is 2. The largest absolute Gasteiger partial charge is 0.388 e. The molecule has 0 aliphatic carbocycles. The lowest BCUT2D eigenvalue weighted by molar-refractivity contribution is 0.180. The summed E-state index contributed by atoms with van der Waals surface area (Å²) in [6, 6.07) is 12.7. The van der Waals surface area contributed by atoms with Crippen LogP contribution in [0.2, 0.25) is 0 Å². The van der Waals surface area contributed by atoms with Crippen LogP contribution in [0.1, 0.15) is 17.2 Å². The molecule has 0 spiro atoms. The third kappa shape index (κ3) is 2.77. The van der Waals surface area contributed by atoms with Crippen molar-refractivity contribution in [3.05, 3.63) is 69.3 Å². The van der Waals surface area contributed by atoms with Crippen LogP contribution in [-0.4, -0.2) is 5.11 Å². The van der Waals surface area contributed by atoms with Crippen molar-refractivity contribution in [1.29, 1.82) is 0 Å². The van der Waals surface area contributed by atoms with Crippen LogP contribution in [0.4, 0.5) is 4.39 Å². The van der Waals surface area contributed by atoms with E-state index in [1.807, 2.05) is 35.7 Å². The minimum atomic E-state index is -0.625. The Morgan fingerprint density at radius 3 is 2.80 bits per heavy atom. The van der Waals surface area contributed by atoms with Crippen LogP contribution in [0.25, 0.3) is 10.1 Å². The van der Waals surface area contributed by atoms with E-state index in [-0.39, 0.29) is 5.82 Å². The molecule has 0 amide bonds. The zero-order valence-electron chi connectivity index (χ0n) is 10.5. The predicted molar refractivity (Wildman–Crippen MR) is 84.6 cm³/mol. The Bertz CT molecular complexity index is 733. The van der Waals surface area contributed by atoms with Gasteiger partial charge in [0.1, 0.15) is 5.82 Å². The first-order valence-electron chi connectivity index (χ1n) is 6.22. The quantitative estimate of drug-likeness (QED) is 0.698. The van der Waals surface area contributed by atoms with E-state index < -0.39 is 6.10 Å². The van der Waals surface area contributed by atoms with E-state index in [1.165, 1.54) is 12.1 Å². The summed E-state index contributed by atoms with van der Waals surface area (Å²) in [4.78, 5) is 0. The molecule has 1 atom stereocenters. The molecule has 102 valence electrons. The Labute approximate surface area is 128 Å². The molecule has 4 heteroatoms. The normalized spacial score (nSPS) is 12.8. The molecular weight excluding hydrogens is 339 g/mol. The van der Waals surface area contributed by atoms with E-state index in [9.17, 15) is 9.50 Å². The molecular formula is C16H12BrFOS. The van der Waals surface area contributed by atoms with Gasteiger partial charge >= 0.3 is 0 Å². The first kappa shape index (κ1) is 13.7. The highest BCUT2D eigenvalue weighted by molar-refractivity contribution is 9.10. The molecule has 0 aliphatic heterocycles. The molecule has 0 saturated heterocycles. The van der Waals surface area contributed by atoms with Crippen LogP contribution in [0, 0.1) is 5.82 Å². The Morgan fingerprint density at radius 1 is 1.20 bits per heavy atom. The van der Waals surface area contributed by atoms with E-state index in [4.69, 9.17) is 0 Å². The Kier molecular flexibility index (Phi) is 3.87. The molecule has 1 unspecified atom stereocenters. The predicted octanol–water partition coefficient (Wildman–Crippen LogP) is 5.08. The van der Waals surface area contributed by atoms with Gasteiger partial charge in [-0.25, -0.2) is 4.39 Å². The fraction of sp³-hybridized carbons (Fsp3) is 0.125. The van der Waals surface area contributed by atoms with Gasteiger partial charge in [0.05, 0.1) is 6.10 Å². The van der Waals surface area contributed by atoms with Crippen LogP contribution in [0.15, 0.2) is 52.3 Å². The highest BCUT2D eigenvalue weighted by atomic mass is 79.9. The lowest BCUT2D eigenvalue weighted by Gasteiger charge is -2.10. The molecule has 20 heavy (non-hydrogen) atoms. The standard InChI is InChI=1S/C16H12BrFOS/c17-11-5-10(6-12(18)8-11)7-15(19)14-9-20-16-4-2-1-3-13(14)16/h1-6,8-9,15,19H,7H2. The average Bonchev–Trinajstić information content (AvgIpc) is 2.81. The van der Waals surface area contributed by atoms with E-state index in [0.717, 1.165) is 21.2 Å². The van der Waals surface area contributed by atoms with Gasteiger partial charge in [-0.2, -0.15) is 0 Å². The minimum absolute atomic E-state index is 0.295. The van der Waals surface area contributed by atoms with Crippen molar-refractivity contribution in [3.8, 4) is 0 Å². The molecule has 0 saturated carbocycles. The Hall–Kier alpha value is -1.23. The average molecular weight is 351 g/mol. The van der Waals surface area contributed by atoms with E-state index in [2.05, 4.69) is 15.9 Å². The molecule has 2 aromatic carbocycles. The smallest absolute Gasteiger partial charge is 0.124 e. The molecule has 1 nitrogen and oxygen atoms in total. The number of hydrogen-bond acceptors (Lipinski definition) is 2. The first-order valence-corrected chi connectivity index (χ1v) is 7.90. The van der Waals surface area contributed by atoms with Gasteiger partial charge in [-0.3, -0.25) is 0 Å². The Balaban J connectivity index is 1.91. The second kappa shape index (κ2) is 5.64. The van der Waals surface area contributed by atoms with Crippen LogP contribution >= 0.6 is 27.3 Å². The molecule has 0 aliphatic rings. The maximum atomic E-state index is 13.4. The van der Waals surface area contributed by atoms with Gasteiger partial charge in [0.2, 0.25) is 0 Å². The lowest BCUT2D eigenvalue weighted by Crippen LogP contribution is -2.01. The van der Waals surface area contributed by atoms with Crippen molar-refractivity contribution in [1.82, 2.24) is 0 Å². The number of rotatable bonds is 3. The van der Waals surface area contributed by atoms with Crippen LogP contribution < -0.4 is 0 Å². The number of thiophene rings is 1. The second-order valence-electron chi connectivity index (χ2n) is 4.68. The van der Waals surface area contributed by atoms with E-state index in [1.54, 1.807) is 11.3 Å². The molecule has 1 N–H and O–H groups in total. The Morgan fingerprint density at radius 2 is 2.00 bits per heavy atom. The summed E-state index contributed by atoms with van der Waals surface area (Å²) < 4.78 is 15.2. The van der Waals surface area contributed by atoms with Gasteiger partial charge in [0, 0.05) is 15.6 Å². The molecule has 1 heterocycles. The van der Waals surface area contributed by atoms with Crippen molar-refractivity contribution in [2.45, 2.75) is 12.5 Å². The summed E-state index contributed by atoms with van der Waals surface area (Å²) in [6.45, 7) is 0. The summed E-state index contributed by atoms with van der Waals surface area (Å²) in [7, 11) is 0. The zero-order chi connectivity index (χ0) is 14.1. The maximum Gasteiger partial charge on any atom is 0.124 e. The number of aliphatic hydroxyl groups excluding tert-OH is 1. The van der Waals surface area contributed by atoms with Crippen molar-refractivity contribution < 1.29 is 9.50 Å². The fourth-order valence-electron chi connectivity index (χ4n) is 2.32. The molecule has 3 rings (SSSR count). The number of aliphatic hydroxyl groups is 1. The van der Waals surface area contributed by atoms with Gasteiger partial charge in [-0.05, 0) is 46.2 Å². The SMILES string of the molecule is OC(Cc1cc(F)cc(Br)c1)c1csc2ccccc12. The summed E-state index contributed by atoms with van der Waals surface area (Å²) >= 11 is 4.89. The third-order valence-electron chi connectivity index (χ3n) is 3.22. The van der Waals surface area contributed by atoms with Gasteiger partial charge in [0.25, 0.3) is 0 Å². The molecule has 1 aromatic heterocycles. The van der Waals surface area contributed by atoms with E-state index in [0.29, 0.717) is 10.9 Å². The van der Waals surface area contributed by atoms with Crippen molar-refractivity contribution in [2.75, 3.05) is 0 Å². The summed E-state index contributed by atoms with van der Waals surface area (Å²) in [5, 5.41) is 13.5. The highest BCUT2D eigenvalue weighted by Crippen LogP contribution is 2.32. The van der Waals surface area contributed by atoms with Crippen molar-refractivity contribution in [3.63, 3.8) is 0 Å². The minimum Gasteiger partial charge on any atom is -0.388 e. The molecule has 0 fully saturated rings. The molecule has 3 aromatic rings. The maximum absolute atomic E-state index is 13.4. The van der Waals surface area contributed by atoms with E-state index >= 15 is 0 Å². The summed E-state index contributed by atoms with van der Waals surface area (Å²) in [5.41, 5.74) is 1.69. The lowest BCUT2D eigenvalue weighted by atomic mass is 10.0. The third-order valence-corrected chi connectivity index (χ3v) is 4.66. The zero-order valence-corrected chi connectivity index (χ0v) is 12.9. The highest BCUT2D eigenvalue weighted by Gasteiger charge is 2.14. The van der Waals surface area contributed by atoms with Gasteiger partial charge in [0.15, 0.2) is 0 Å². The van der Waals surface area contributed by atoms with Crippen LogP contribution in [-0.2, 0) is 6.42 Å². The van der Waals surface area contributed by atoms with Crippen molar-refractivity contribution in [2.24, 2.45) is 0 Å². The second-order valence-corrected chi connectivity index (χ2v) is 6.51. The molecule has 0 bridgehead atoms. The monoisotopic (exact) mass is 350 g/mol. The summed E-state index contributed by atoms with van der Waals surface area (Å²) in [5.74, 6) is -0.295. The number of hydrogen-bond donors (Lipinski definition) is 1. The number of fused-ring (bicyclic) bond motifs is 1. The fourth-order valence-corrected chi connectivity index (χ4v) is 3.84. The van der Waals surface area contributed by atoms with Crippen LogP contribution in [0.3, 0.4) is 0 Å². The topological polar surface area (TPSA) is 20.2 Å². The number of benzene rings is 2. The van der Waals surface area contributed by atoms with Gasteiger partial charge < -0.3 is 5.11 Å². The van der Waals surface area contributed by atoms with Gasteiger partial charge in [-0.1, -0.05) is 34.1 Å². The molecule has 0 radical (unpaired) electrons. The van der Waals surface area contributed by atoms with Crippen molar-refractivity contribution >= 4 is 37.4 Å². The van der Waals surface area contributed by atoms with Gasteiger partial charge in [-0.15, -0.1) is 11.3 Å². The van der Waals surface area contributed by atoms with Crippen LogP contribution in [0.5, 0.6) is 0 Å².